The van der Waals surface area contributed by atoms with Crippen LogP contribution < -0.4 is 10.6 Å². The van der Waals surface area contributed by atoms with E-state index in [-0.39, 0.29) is 0 Å². The fraction of sp³-hybridized carbons (Fsp3) is 0.700. The first kappa shape index (κ1) is 20.8. The standard InChI is InChI=1S/C20H33N7S/c1-4-21-20(23-13-11-19-24-15(2)16(3)28-19)22-12-8-10-18-26-25-17-9-6-5-7-14-27(17)18/h4-14H2,1-3H3,(H2,21,22,23). The molecule has 0 aromatic carbocycles. The smallest absolute Gasteiger partial charge is 0.191 e. The van der Waals surface area contributed by atoms with Crippen molar-refractivity contribution in [3.05, 3.63) is 27.2 Å². The third-order valence-corrected chi connectivity index (χ3v) is 6.20. The summed E-state index contributed by atoms with van der Waals surface area (Å²) in [6.45, 7) is 9.85. The van der Waals surface area contributed by atoms with Crippen molar-refractivity contribution in [2.45, 2.75) is 72.3 Å². The number of nitrogens with zero attached hydrogens (tertiary/aromatic N) is 5. The molecule has 0 atom stereocenters. The monoisotopic (exact) mass is 403 g/mol. The van der Waals surface area contributed by atoms with Gasteiger partial charge in [0.15, 0.2) is 5.96 Å². The maximum absolute atomic E-state index is 4.72. The number of aliphatic imine (C=N–C) groups is 1. The van der Waals surface area contributed by atoms with E-state index in [1.165, 1.54) is 35.0 Å². The minimum Gasteiger partial charge on any atom is -0.357 e. The molecule has 3 rings (SSSR count). The van der Waals surface area contributed by atoms with Crippen molar-refractivity contribution in [3.63, 3.8) is 0 Å². The first-order chi connectivity index (χ1) is 13.7. The Balaban J connectivity index is 1.44. The lowest BCUT2D eigenvalue weighted by molar-refractivity contribution is 0.597. The lowest BCUT2D eigenvalue weighted by Crippen LogP contribution is -2.38. The Kier molecular flexibility index (Phi) is 7.82. The number of aryl methyl sites for hydroxylation is 4. The van der Waals surface area contributed by atoms with E-state index in [0.717, 1.165) is 69.3 Å². The minimum atomic E-state index is 0.785. The third-order valence-electron chi connectivity index (χ3n) is 5.06. The molecule has 28 heavy (non-hydrogen) atoms. The first-order valence-electron chi connectivity index (χ1n) is 10.5. The summed E-state index contributed by atoms with van der Waals surface area (Å²) in [5.74, 6) is 3.17. The number of hydrogen-bond donors (Lipinski definition) is 2. The van der Waals surface area contributed by atoms with Crippen molar-refractivity contribution in [3.8, 4) is 0 Å². The van der Waals surface area contributed by atoms with Gasteiger partial charge in [-0.25, -0.2) is 4.98 Å². The minimum absolute atomic E-state index is 0.785. The largest absolute Gasteiger partial charge is 0.357 e. The number of aromatic nitrogens is 4. The van der Waals surface area contributed by atoms with Crippen LogP contribution in [0.15, 0.2) is 4.99 Å². The molecule has 0 saturated heterocycles. The highest BCUT2D eigenvalue weighted by atomic mass is 32.1. The van der Waals surface area contributed by atoms with E-state index in [9.17, 15) is 0 Å². The van der Waals surface area contributed by atoms with Crippen LogP contribution in [0.25, 0.3) is 0 Å². The van der Waals surface area contributed by atoms with E-state index >= 15 is 0 Å². The third kappa shape index (κ3) is 5.77. The summed E-state index contributed by atoms with van der Waals surface area (Å²) in [5.41, 5.74) is 1.15. The van der Waals surface area contributed by atoms with Crippen molar-refractivity contribution >= 4 is 17.3 Å². The first-order valence-corrected chi connectivity index (χ1v) is 11.3. The molecule has 0 amide bonds. The highest BCUT2D eigenvalue weighted by Gasteiger charge is 2.14. The maximum Gasteiger partial charge on any atom is 0.191 e. The summed E-state index contributed by atoms with van der Waals surface area (Å²) in [5, 5.41) is 16.7. The second kappa shape index (κ2) is 10.5. The molecular weight excluding hydrogens is 370 g/mol. The summed E-state index contributed by atoms with van der Waals surface area (Å²) in [4.78, 5) is 10.6. The molecule has 0 fully saturated rings. The second-order valence-corrected chi connectivity index (χ2v) is 8.57. The fourth-order valence-corrected chi connectivity index (χ4v) is 4.37. The van der Waals surface area contributed by atoms with Crippen LogP contribution in [0, 0.1) is 13.8 Å². The van der Waals surface area contributed by atoms with Crippen LogP contribution in [0.1, 0.15) is 59.8 Å². The topological polar surface area (TPSA) is 80.0 Å². The average molecular weight is 404 g/mol. The van der Waals surface area contributed by atoms with Crippen molar-refractivity contribution in [1.82, 2.24) is 30.4 Å². The van der Waals surface area contributed by atoms with Crippen molar-refractivity contribution in [2.75, 3.05) is 19.6 Å². The van der Waals surface area contributed by atoms with E-state index in [2.05, 4.69) is 51.2 Å². The summed E-state index contributed by atoms with van der Waals surface area (Å²) in [6, 6.07) is 0. The molecule has 2 N–H and O–H groups in total. The zero-order valence-electron chi connectivity index (χ0n) is 17.4. The number of guanidine groups is 1. The van der Waals surface area contributed by atoms with E-state index in [0.29, 0.717) is 0 Å². The quantitative estimate of drug-likeness (QED) is 0.402. The predicted molar refractivity (Wildman–Crippen MR) is 115 cm³/mol. The van der Waals surface area contributed by atoms with Gasteiger partial charge in [0.05, 0.1) is 10.7 Å². The molecule has 3 heterocycles. The molecule has 0 radical (unpaired) electrons. The van der Waals surface area contributed by atoms with Gasteiger partial charge in [-0.2, -0.15) is 0 Å². The zero-order chi connectivity index (χ0) is 19.8. The molecule has 2 aromatic rings. The number of thiazole rings is 1. The Hall–Kier alpha value is -1.96. The summed E-state index contributed by atoms with van der Waals surface area (Å²) in [6.07, 6.45) is 7.69. The Morgan fingerprint density at radius 1 is 1.14 bits per heavy atom. The number of rotatable bonds is 8. The molecule has 1 aliphatic rings. The van der Waals surface area contributed by atoms with Crippen LogP contribution in [-0.2, 0) is 25.8 Å². The summed E-state index contributed by atoms with van der Waals surface area (Å²) in [7, 11) is 0. The van der Waals surface area contributed by atoms with Crippen LogP contribution in [-0.4, -0.2) is 45.3 Å². The van der Waals surface area contributed by atoms with Crippen molar-refractivity contribution in [2.24, 2.45) is 4.99 Å². The van der Waals surface area contributed by atoms with Gasteiger partial charge < -0.3 is 15.2 Å². The molecule has 2 aromatic heterocycles. The lowest BCUT2D eigenvalue weighted by atomic mass is 10.2. The normalized spacial score (nSPS) is 14.6. The van der Waals surface area contributed by atoms with Crippen molar-refractivity contribution < 1.29 is 0 Å². The molecule has 7 nitrogen and oxygen atoms in total. The zero-order valence-corrected chi connectivity index (χ0v) is 18.2. The average Bonchev–Trinajstić information content (AvgIpc) is 3.11. The Morgan fingerprint density at radius 3 is 2.82 bits per heavy atom. The number of fused-ring (bicyclic) bond motifs is 1. The predicted octanol–water partition coefficient (Wildman–Crippen LogP) is 2.81. The van der Waals surface area contributed by atoms with Gasteiger partial charge in [0.1, 0.15) is 11.6 Å². The van der Waals surface area contributed by atoms with Crippen molar-refractivity contribution in [1.29, 1.82) is 0 Å². The van der Waals surface area contributed by atoms with Gasteiger partial charge in [-0.15, -0.1) is 21.5 Å². The molecule has 0 spiro atoms. The molecule has 1 aliphatic heterocycles. The van der Waals surface area contributed by atoms with E-state index in [1.807, 2.05) is 0 Å². The highest BCUT2D eigenvalue weighted by Crippen LogP contribution is 2.16. The molecule has 0 saturated carbocycles. The van der Waals surface area contributed by atoms with Gasteiger partial charge in [-0.1, -0.05) is 6.42 Å². The molecule has 0 aliphatic carbocycles. The number of nitrogens with one attached hydrogen (secondary N) is 2. The second-order valence-electron chi connectivity index (χ2n) is 7.28. The molecule has 8 heteroatoms. The summed E-state index contributed by atoms with van der Waals surface area (Å²) < 4.78 is 2.33. The Bertz CT molecular complexity index is 758. The summed E-state index contributed by atoms with van der Waals surface area (Å²) >= 11 is 1.79. The van der Waals surface area contributed by atoms with E-state index in [1.54, 1.807) is 11.3 Å². The lowest BCUT2D eigenvalue weighted by Gasteiger charge is -2.10. The Morgan fingerprint density at radius 2 is 2.04 bits per heavy atom. The van der Waals surface area contributed by atoms with Gasteiger partial charge in [-0.05, 0) is 40.0 Å². The van der Waals surface area contributed by atoms with E-state index in [4.69, 9.17) is 4.99 Å². The van der Waals surface area contributed by atoms with Gasteiger partial charge in [0.2, 0.25) is 0 Å². The molecule has 154 valence electrons. The van der Waals surface area contributed by atoms with Crippen LogP contribution in [0.3, 0.4) is 0 Å². The van der Waals surface area contributed by atoms with Gasteiger partial charge in [-0.3, -0.25) is 4.99 Å². The van der Waals surface area contributed by atoms with Crippen LogP contribution >= 0.6 is 11.3 Å². The van der Waals surface area contributed by atoms with Gasteiger partial charge in [0.25, 0.3) is 0 Å². The van der Waals surface area contributed by atoms with E-state index < -0.39 is 0 Å². The van der Waals surface area contributed by atoms with Crippen LogP contribution in [0.4, 0.5) is 0 Å². The number of hydrogen-bond acceptors (Lipinski definition) is 5. The highest BCUT2D eigenvalue weighted by molar-refractivity contribution is 7.11. The van der Waals surface area contributed by atoms with Crippen LogP contribution in [0.5, 0.6) is 0 Å². The van der Waals surface area contributed by atoms with Gasteiger partial charge >= 0.3 is 0 Å². The van der Waals surface area contributed by atoms with Gasteiger partial charge in [0, 0.05) is 50.3 Å². The molecule has 0 unspecified atom stereocenters. The SMILES string of the molecule is CCNC(=NCCCc1nnc2n1CCCCC2)NCCc1nc(C)c(C)s1. The maximum atomic E-state index is 4.72. The molecular formula is C20H33N7S. The fourth-order valence-electron chi connectivity index (χ4n) is 3.43. The van der Waals surface area contributed by atoms with Crippen LogP contribution in [0.2, 0.25) is 0 Å². The Labute approximate surface area is 172 Å². The molecule has 0 bridgehead atoms.